The van der Waals surface area contributed by atoms with Crippen molar-refractivity contribution < 1.29 is 14.7 Å². The molecule has 1 amide bonds. The van der Waals surface area contributed by atoms with Gasteiger partial charge in [-0.05, 0) is 19.4 Å². The molecule has 0 aromatic rings. The quantitative estimate of drug-likeness (QED) is 0.657. The third-order valence-corrected chi connectivity index (χ3v) is 3.22. The lowest BCUT2D eigenvalue weighted by Gasteiger charge is -2.31. The number of rotatable bonds is 2. The van der Waals surface area contributed by atoms with Crippen LogP contribution in [-0.4, -0.2) is 47.6 Å². The average Bonchev–Trinajstić information content (AvgIpc) is 2.62. The summed E-state index contributed by atoms with van der Waals surface area (Å²) in [5.74, 6) is -1.36. The van der Waals surface area contributed by atoms with Gasteiger partial charge in [-0.15, -0.1) is 0 Å². The van der Waals surface area contributed by atoms with Gasteiger partial charge in [-0.25, -0.2) is 0 Å². The van der Waals surface area contributed by atoms with Crippen molar-refractivity contribution in [2.75, 3.05) is 19.6 Å². The Labute approximate surface area is 88.4 Å². The monoisotopic (exact) mass is 212 g/mol. The van der Waals surface area contributed by atoms with E-state index in [1.807, 2.05) is 0 Å². The van der Waals surface area contributed by atoms with Gasteiger partial charge >= 0.3 is 5.97 Å². The molecular formula is C10H16N2O3. The van der Waals surface area contributed by atoms with Gasteiger partial charge in [-0.1, -0.05) is 0 Å². The zero-order valence-electron chi connectivity index (χ0n) is 8.61. The second-order valence-corrected chi connectivity index (χ2v) is 4.29. The van der Waals surface area contributed by atoms with Gasteiger partial charge in [0.1, 0.15) is 0 Å². The molecule has 2 aliphatic heterocycles. The largest absolute Gasteiger partial charge is 0.481 e. The first-order valence-electron chi connectivity index (χ1n) is 5.41. The molecule has 84 valence electrons. The number of hydrogen-bond donors (Lipinski definition) is 2. The Kier molecular flexibility index (Phi) is 2.90. The number of aliphatic carboxylic acids is 1. The number of carboxylic acid groups (broad SMARTS) is 1. The maximum atomic E-state index is 11.6. The fourth-order valence-corrected chi connectivity index (χ4v) is 2.35. The molecule has 2 aliphatic rings. The molecule has 2 N–H and O–H groups in total. The minimum atomic E-state index is -0.852. The van der Waals surface area contributed by atoms with Gasteiger partial charge in [0.25, 0.3) is 0 Å². The van der Waals surface area contributed by atoms with Gasteiger partial charge in [0.15, 0.2) is 0 Å². The fourth-order valence-electron chi connectivity index (χ4n) is 2.35. The van der Waals surface area contributed by atoms with E-state index < -0.39 is 11.9 Å². The van der Waals surface area contributed by atoms with Gasteiger partial charge in [0.05, 0.1) is 5.92 Å². The summed E-state index contributed by atoms with van der Waals surface area (Å²) < 4.78 is 0. The van der Waals surface area contributed by atoms with Crippen molar-refractivity contribution in [2.45, 2.75) is 25.3 Å². The Bertz CT molecular complexity index is 274. The van der Waals surface area contributed by atoms with E-state index in [2.05, 4.69) is 5.32 Å². The third kappa shape index (κ3) is 2.12. The van der Waals surface area contributed by atoms with Crippen molar-refractivity contribution in [3.05, 3.63) is 0 Å². The van der Waals surface area contributed by atoms with Crippen molar-refractivity contribution in [2.24, 2.45) is 5.92 Å². The smallest absolute Gasteiger partial charge is 0.308 e. The highest BCUT2D eigenvalue weighted by atomic mass is 16.4. The fraction of sp³-hybridized carbons (Fsp3) is 0.800. The van der Waals surface area contributed by atoms with Crippen molar-refractivity contribution >= 4 is 11.9 Å². The molecular weight excluding hydrogens is 196 g/mol. The molecule has 1 unspecified atom stereocenters. The molecule has 0 bridgehead atoms. The first kappa shape index (κ1) is 10.4. The molecule has 2 heterocycles. The summed E-state index contributed by atoms with van der Waals surface area (Å²) in [6, 6.07) is 0.204. The molecule has 2 fully saturated rings. The summed E-state index contributed by atoms with van der Waals surface area (Å²) in [4.78, 5) is 24.1. The second kappa shape index (κ2) is 4.18. The Balaban J connectivity index is 1.97. The molecule has 0 aromatic carbocycles. The van der Waals surface area contributed by atoms with E-state index in [0.717, 1.165) is 25.9 Å². The normalized spacial score (nSPS) is 32.0. The zero-order valence-corrected chi connectivity index (χ0v) is 8.61. The molecule has 0 saturated carbocycles. The van der Waals surface area contributed by atoms with E-state index in [4.69, 9.17) is 5.11 Å². The number of carbonyl (C=O) groups excluding carboxylic acids is 1. The van der Waals surface area contributed by atoms with E-state index in [-0.39, 0.29) is 18.4 Å². The summed E-state index contributed by atoms with van der Waals surface area (Å²) in [6.45, 7) is 2.19. The Hall–Kier alpha value is -1.10. The SMILES string of the molecule is O=C(O)C1CC(=O)N([C@@H]2CCCNC2)C1. The molecule has 0 spiro atoms. The van der Waals surface area contributed by atoms with Gasteiger partial charge in [0, 0.05) is 25.6 Å². The van der Waals surface area contributed by atoms with Crippen LogP contribution in [0.3, 0.4) is 0 Å². The number of likely N-dealkylation sites (tertiary alicyclic amines) is 1. The molecule has 5 heteroatoms. The van der Waals surface area contributed by atoms with E-state index >= 15 is 0 Å². The number of carboxylic acids is 1. The lowest BCUT2D eigenvalue weighted by atomic mass is 10.1. The van der Waals surface area contributed by atoms with Crippen LogP contribution in [0.2, 0.25) is 0 Å². The minimum Gasteiger partial charge on any atom is -0.481 e. The van der Waals surface area contributed by atoms with Crippen molar-refractivity contribution in [3.8, 4) is 0 Å². The van der Waals surface area contributed by atoms with Gasteiger partial charge in [0.2, 0.25) is 5.91 Å². The van der Waals surface area contributed by atoms with Crippen LogP contribution in [0.15, 0.2) is 0 Å². The van der Waals surface area contributed by atoms with Crippen LogP contribution in [-0.2, 0) is 9.59 Å². The maximum Gasteiger partial charge on any atom is 0.308 e. The average molecular weight is 212 g/mol. The number of amides is 1. The molecule has 0 aromatic heterocycles. The molecule has 0 radical (unpaired) electrons. The first-order valence-corrected chi connectivity index (χ1v) is 5.41. The van der Waals surface area contributed by atoms with E-state index in [0.29, 0.717) is 6.54 Å². The van der Waals surface area contributed by atoms with Crippen molar-refractivity contribution in [1.82, 2.24) is 10.2 Å². The van der Waals surface area contributed by atoms with Gasteiger partial charge in [-0.3, -0.25) is 9.59 Å². The number of carbonyl (C=O) groups is 2. The highest BCUT2D eigenvalue weighted by Gasteiger charge is 2.37. The lowest BCUT2D eigenvalue weighted by molar-refractivity contribution is -0.141. The molecule has 0 aliphatic carbocycles. The summed E-state index contributed by atoms with van der Waals surface area (Å²) in [5.41, 5.74) is 0. The molecule has 2 rings (SSSR count). The number of nitrogens with one attached hydrogen (secondary N) is 1. The zero-order chi connectivity index (χ0) is 10.8. The Morgan fingerprint density at radius 1 is 1.53 bits per heavy atom. The highest BCUT2D eigenvalue weighted by molar-refractivity contribution is 5.86. The van der Waals surface area contributed by atoms with E-state index in [9.17, 15) is 9.59 Å². The molecule has 2 saturated heterocycles. The first-order chi connectivity index (χ1) is 7.18. The predicted molar refractivity (Wildman–Crippen MR) is 53.3 cm³/mol. The number of piperidine rings is 1. The van der Waals surface area contributed by atoms with Gasteiger partial charge < -0.3 is 15.3 Å². The van der Waals surface area contributed by atoms with Crippen LogP contribution in [0.4, 0.5) is 0 Å². The summed E-state index contributed by atoms with van der Waals surface area (Å²) in [6.07, 6.45) is 2.23. The number of hydrogen-bond acceptors (Lipinski definition) is 3. The molecule has 2 atom stereocenters. The topological polar surface area (TPSA) is 69.6 Å². The second-order valence-electron chi connectivity index (χ2n) is 4.29. The lowest BCUT2D eigenvalue weighted by Crippen LogP contribution is -2.46. The Morgan fingerprint density at radius 3 is 2.87 bits per heavy atom. The summed E-state index contributed by atoms with van der Waals surface area (Å²) in [5, 5.41) is 12.1. The van der Waals surface area contributed by atoms with Crippen LogP contribution in [0.1, 0.15) is 19.3 Å². The van der Waals surface area contributed by atoms with Crippen LogP contribution in [0, 0.1) is 5.92 Å². The predicted octanol–water partition coefficient (Wildman–Crippen LogP) is -0.329. The van der Waals surface area contributed by atoms with Crippen LogP contribution in [0.5, 0.6) is 0 Å². The minimum absolute atomic E-state index is 0.00361. The van der Waals surface area contributed by atoms with Crippen molar-refractivity contribution in [3.63, 3.8) is 0 Å². The highest BCUT2D eigenvalue weighted by Crippen LogP contribution is 2.23. The van der Waals surface area contributed by atoms with Crippen LogP contribution in [0.25, 0.3) is 0 Å². The van der Waals surface area contributed by atoms with Gasteiger partial charge in [-0.2, -0.15) is 0 Å². The maximum absolute atomic E-state index is 11.6. The van der Waals surface area contributed by atoms with Crippen molar-refractivity contribution in [1.29, 1.82) is 0 Å². The number of nitrogens with zero attached hydrogens (tertiary/aromatic N) is 1. The third-order valence-electron chi connectivity index (χ3n) is 3.22. The molecule has 5 nitrogen and oxygen atoms in total. The van der Waals surface area contributed by atoms with Crippen LogP contribution < -0.4 is 5.32 Å². The Morgan fingerprint density at radius 2 is 2.33 bits per heavy atom. The van der Waals surface area contributed by atoms with Crippen LogP contribution >= 0.6 is 0 Å². The molecule has 15 heavy (non-hydrogen) atoms. The standard InChI is InChI=1S/C10H16N2O3/c13-9-4-7(10(14)15)6-12(9)8-2-1-3-11-5-8/h7-8,11H,1-6H2,(H,14,15)/t7?,8-/m1/s1. The summed E-state index contributed by atoms with van der Waals surface area (Å²) >= 11 is 0. The van der Waals surface area contributed by atoms with E-state index in [1.165, 1.54) is 0 Å². The van der Waals surface area contributed by atoms with E-state index in [1.54, 1.807) is 4.90 Å². The summed E-state index contributed by atoms with van der Waals surface area (Å²) in [7, 11) is 0.